The summed E-state index contributed by atoms with van der Waals surface area (Å²) in [6.07, 6.45) is 5.21. The van der Waals surface area contributed by atoms with Crippen LogP contribution in [-0.4, -0.2) is 38.9 Å². The number of fused-ring (bicyclic) bond motifs is 1. The van der Waals surface area contributed by atoms with Gasteiger partial charge in [-0.3, -0.25) is 14.5 Å². The molecule has 1 aliphatic heterocycles. The summed E-state index contributed by atoms with van der Waals surface area (Å²) in [6.45, 7) is 2.63. The third-order valence-electron chi connectivity index (χ3n) is 5.67. The molecule has 0 atom stereocenters. The molecule has 5 rings (SSSR count). The molecule has 4 heterocycles. The average molecular weight is 514 g/mol. The second-order valence-corrected chi connectivity index (χ2v) is 9.79. The number of nitrogens with one attached hydrogen (secondary N) is 2. The molecule has 1 fully saturated rings. The van der Waals surface area contributed by atoms with Gasteiger partial charge in [0.15, 0.2) is 10.9 Å². The highest BCUT2D eigenvalue weighted by Crippen LogP contribution is 2.33. The number of aromatic nitrogens is 3. The van der Waals surface area contributed by atoms with E-state index in [9.17, 15) is 14.0 Å². The van der Waals surface area contributed by atoms with E-state index in [1.165, 1.54) is 35.5 Å². The molecule has 2 N–H and O–H groups in total. The smallest absolute Gasteiger partial charge is 0.228 e. The summed E-state index contributed by atoms with van der Waals surface area (Å²) in [5.74, 6) is -1.86. The first kappa shape index (κ1) is 23.4. The van der Waals surface area contributed by atoms with Gasteiger partial charge in [-0.15, -0.1) is 11.3 Å². The van der Waals surface area contributed by atoms with Gasteiger partial charge in [0, 0.05) is 53.0 Å². The van der Waals surface area contributed by atoms with Gasteiger partial charge in [-0.2, -0.15) is 0 Å². The van der Waals surface area contributed by atoms with Crippen LogP contribution in [0.5, 0.6) is 0 Å². The standard InChI is InChI=1S/C24H21F2N5O2S2/c1-2-8-35-30-17-6-5-16(25)20(21(17)26)22(33)15-11-28-23-14(15)9-13(10-27-23)18-12-34-24(29-18)31-7-3-4-19(31)32/h5-6,9-12,30H,2-4,7-8H2,1H3,(H,27,28). The topological polar surface area (TPSA) is 91.0 Å². The van der Waals surface area contributed by atoms with Crippen LogP contribution in [0.2, 0.25) is 0 Å². The number of rotatable bonds is 8. The van der Waals surface area contributed by atoms with Crippen molar-refractivity contribution in [2.75, 3.05) is 21.9 Å². The van der Waals surface area contributed by atoms with Gasteiger partial charge in [0.1, 0.15) is 11.5 Å². The SMILES string of the molecule is CCCSNc1ccc(F)c(C(=O)c2c[nH]c3ncc(-c4csc(N5CCCC5=O)n4)cc23)c1F. The predicted molar refractivity (Wildman–Crippen MR) is 135 cm³/mol. The number of aromatic amines is 1. The molecule has 1 aromatic carbocycles. The number of halogens is 2. The zero-order chi connectivity index (χ0) is 24.5. The number of hydrogen-bond donors (Lipinski definition) is 2. The van der Waals surface area contributed by atoms with Crippen molar-refractivity contribution < 1.29 is 18.4 Å². The minimum atomic E-state index is -0.934. The molecule has 11 heteroatoms. The van der Waals surface area contributed by atoms with Gasteiger partial charge in [-0.25, -0.2) is 18.7 Å². The summed E-state index contributed by atoms with van der Waals surface area (Å²) in [4.78, 5) is 38.8. The third-order valence-corrected chi connectivity index (χ3v) is 7.51. The number of pyridine rings is 1. The number of carbonyl (C=O) groups excluding carboxylic acids is 2. The first-order valence-corrected chi connectivity index (χ1v) is 13.0. The molecule has 1 aliphatic rings. The Morgan fingerprint density at radius 2 is 2.20 bits per heavy atom. The highest BCUT2D eigenvalue weighted by atomic mass is 32.2. The highest BCUT2D eigenvalue weighted by molar-refractivity contribution is 8.00. The predicted octanol–water partition coefficient (Wildman–Crippen LogP) is 5.79. The van der Waals surface area contributed by atoms with Crippen LogP contribution in [0.25, 0.3) is 22.3 Å². The maximum atomic E-state index is 15.1. The van der Waals surface area contributed by atoms with Crippen LogP contribution in [0, 0.1) is 11.6 Å². The molecule has 0 radical (unpaired) electrons. The van der Waals surface area contributed by atoms with Crippen molar-refractivity contribution in [3.8, 4) is 11.3 Å². The van der Waals surface area contributed by atoms with Crippen LogP contribution in [0.3, 0.4) is 0 Å². The molecule has 1 saturated heterocycles. The summed E-state index contributed by atoms with van der Waals surface area (Å²) in [5.41, 5.74) is 1.19. The van der Waals surface area contributed by atoms with E-state index in [2.05, 4.69) is 19.7 Å². The molecule has 0 spiro atoms. The van der Waals surface area contributed by atoms with Crippen molar-refractivity contribution in [3.05, 3.63) is 58.7 Å². The van der Waals surface area contributed by atoms with Gasteiger partial charge < -0.3 is 9.71 Å². The molecule has 180 valence electrons. The fraction of sp³-hybridized carbons (Fsp3) is 0.250. The average Bonchev–Trinajstić information content (AvgIpc) is 3.59. The summed E-state index contributed by atoms with van der Waals surface area (Å²) in [6, 6.07) is 4.08. The van der Waals surface area contributed by atoms with Gasteiger partial charge in [-0.1, -0.05) is 18.9 Å². The van der Waals surface area contributed by atoms with Crippen molar-refractivity contribution in [1.29, 1.82) is 0 Å². The summed E-state index contributed by atoms with van der Waals surface area (Å²) in [5, 5.41) is 2.86. The zero-order valence-electron chi connectivity index (χ0n) is 18.7. The maximum absolute atomic E-state index is 15.1. The van der Waals surface area contributed by atoms with Gasteiger partial charge in [-0.05, 0) is 31.0 Å². The Morgan fingerprint density at radius 3 is 2.97 bits per heavy atom. The number of thiazole rings is 1. The number of amides is 1. The number of carbonyl (C=O) groups is 2. The molecule has 0 saturated carbocycles. The Bertz CT molecular complexity index is 1430. The minimum Gasteiger partial charge on any atom is -0.345 e. The van der Waals surface area contributed by atoms with Crippen LogP contribution in [0.4, 0.5) is 19.6 Å². The first-order valence-electron chi connectivity index (χ1n) is 11.1. The largest absolute Gasteiger partial charge is 0.345 e. The normalized spacial score (nSPS) is 13.7. The molecule has 0 bridgehead atoms. The number of ketones is 1. The van der Waals surface area contributed by atoms with E-state index in [-0.39, 0.29) is 17.2 Å². The molecule has 0 unspecified atom stereocenters. The van der Waals surface area contributed by atoms with Crippen molar-refractivity contribution >= 4 is 56.8 Å². The molecular formula is C24H21F2N5O2S2. The Balaban J connectivity index is 1.49. The second-order valence-electron chi connectivity index (χ2n) is 8.05. The molecule has 1 amide bonds. The van der Waals surface area contributed by atoms with E-state index in [4.69, 9.17) is 0 Å². The monoisotopic (exact) mass is 513 g/mol. The lowest BCUT2D eigenvalue weighted by molar-refractivity contribution is -0.117. The van der Waals surface area contributed by atoms with Crippen molar-refractivity contribution in [2.45, 2.75) is 26.2 Å². The quantitative estimate of drug-likeness (QED) is 0.176. The van der Waals surface area contributed by atoms with E-state index in [0.29, 0.717) is 40.4 Å². The number of nitrogens with zero attached hydrogens (tertiary/aromatic N) is 3. The van der Waals surface area contributed by atoms with Crippen LogP contribution < -0.4 is 9.62 Å². The fourth-order valence-electron chi connectivity index (χ4n) is 3.91. The van der Waals surface area contributed by atoms with E-state index in [1.54, 1.807) is 17.2 Å². The Kier molecular flexibility index (Phi) is 6.52. The lowest BCUT2D eigenvalue weighted by Crippen LogP contribution is -2.23. The van der Waals surface area contributed by atoms with Crippen LogP contribution in [0.1, 0.15) is 42.1 Å². The van der Waals surface area contributed by atoms with Gasteiger partial charge in [0.25, 0.3) is 0 Å². The molecule has 7 nitrogen and oxygen atoms in total. The second kappa shape index (κ2) is 9.74. The van der Waals surface area contributed by atoms with E-state index >= 15 is 4.39 Å². The molecule has 4 aromatic rings. The Labute approximate surface area is 208 Å². The van der Waals surface area contributed by atoms with Gasteiger partial charge in [0.05, 0.1) is 16.9 Å². The first-order chi connectivity index (χ1) is 17.0. The van der Waals surface area contributed by atoms with E-state index in [0.717, 1.165) is 24.7 Å². The Morgan fingerprint density at radius 1 is 1.34 bits per heavy atom. The fourth-order valence-corrected chi connectivity index (χ4v) is 5.40. The molecule has 3 aromatic heterocycles. The van der Waals surface area contributed by atoms with Gasteiger partial charge >= 0.3 is 0 Å². The van der Waals surface area contributed by atoms with Crippen LogP contribution >= 0.6 is 23.3 Å². The Hall–Kier alpha value is -3.31. The molecular weight excluding hydrogens is 492 g/mol. The molecule has 0 aliphatic carbocycles. The lowest BCUT2D eigenvalue weighted by Gasteiger charge is -2.10. The maximum Gasteiger partial charge on any atom is 0.228 e. The highest BCUT2D eigenvalue weighted by Gasteiger charge is 2.26. The summed E-state index contributed by atoms with van der Waals surface area (Å²) < 4.78 is 32.6. The number of hydrogen-bond acceptors (Lipinski definition) is 7. The van der Waals surface area contributed by atoms with E-state index in [1.807, 2.05) is 12.3 Å². The van der Waals surface area contributed by atoms with Crippen LogP contribution in [0.15, 0.2) is 36.0 Å². The van der Waals surface area contributed by atoms with E-state index < -0.39 is 23.0 Å². The van der Waals surface area contributed by atoms with Crippen molar-refractivity contribution in [3.63, 3.8) is 0 Å². The third kappa shape index (κ3) is 4.41. The van der Waals surface area contributed by atoms with Crippen LogP contribution in [-0.2, 0) is 4.79 Å². The van der Waals surface area contributed by atoms with Crippen molar-refractivity contribution in [2.24, 2.45) is 0 Å². The lowest BCUT2D eigenvalue weighted by atomic mass is 10.0. The van der Waals surface area contributed by atoms with Gasteiger partial charge in [0.2, 0.25) is 11.7 Å². The zero-order valence-corrected chi connectivity index (χ0v) is 20.4. The number of benzene rings is 1. The summed E-state index contributed by atoms with van der Waals surface area (Å²) in [7, 11) is 0. The number of anilines is 2. The van der Waals surface area contributed by atoms with Crippen molar-refractivity contribution in [1.82, 2.24) is 15.0 Å². The number of H-pyrrole nitrogens is 1. The summed E-state index contributed by atoms with van der Waals surface area (Å²) >= 11 is 2.64. The molecule has 35 heavy (non-hydrogen) atoms. The minimum absolute atomic E-state index is 0.0480.